The Morgan fingerprint density at radius 2 is 1.00 bits per heavy atom. The Morgan fingerprint density at radius 1 is 0.786 bits per heavy atom. The van der Waals surface area contributed by atoms with E-state index in [0.717, 1.165) is 4.90 Å². The van der Waals surface area contributed by atoms with Crippen LogP contribution in [0.25, 0.3) is 0 Å². The molecule has 3 N–H and O–H groups in total. The van der Waals surface area contributed by atoms with Crippen molar-refractivity contribution in [3.05, 3.63) is 0 Å². The van der Waals surface area contributed by atoms with Gasteiger partial charge in [-0.2, -0.15) is 0 Å². The number of rotatable bonds is 6. The molecule has 0 radical (unpaired) electrons. The van der Waals surface area contributed by atoms with E-state index in [9.17, 15) is 14.4 Å². The van der Waals surface area contributed by atoms with Gasteiger partial charge in [-0.15, -0.1) is 0 Å². The Balaban J connectivity index is 0. The molecule has 0 spiro atoms. The van der Waals surface area contributed by atoms with Gasteiger partial charge >= 0.3 is 69.3 Å². The molecule has 0 heterocycles. The van der Waals surface area contributed by atoms with Gasteiger partial charge in [0.15, 0.2) is 0 Å². The number of carboxylic acids is 3. The summed E-state index contributed by atoms with van der Waals surface area (Å²) in [5.74, 6) is -3.78. The van der Waals surface area contributed by atoms with Gasteiger partial charge in [-0.3, -0.25) is 19.3 Å². The molecule has 0 rings (SSSR count). The van der Waals surface area contributed by atoms with Gasteiger partial charge in [0.1, 0.15) is 0 Å². The number of aliphatic carboxylic acids is 3. The fourth-order valence-electron chi connectivity index (χ4n) is 0.742. The van der Waals surface area contributed by atoms with Gasteiger partial charge in [-0.05, 0) is 0 Å². The molecule has 0 aliphatic rings. The first-order chi connectivity index (χ1) is 5.91. The Kier molecular flexibility index (Phi) is 9.77. The van der Waals surface area contributed by atoms with Crippen LogP contribution < -0.4 is 0 Å². The molecule has 0 aromatic carbocycles. The summed E-state index contributed by atoms with van der Waals surface area (Å²) in [6, 6.07) is 0. The van der Waals surface area contributed by atoms with Crippen molar-refractivity contribution >= 4 is 69.3 Å². The summed E-state index contributed by atoms with van der Waals surface area (Å²) in [4.78, 5) is 31.2. The summed E-state index contributed by atoms with van der Waals surface area (Å²) in [6.45, 7) is -1.80. The van der Waals surface area contributed by atoms with E-state index < -0.39 is 37.5 Å². The van der Waals surface area contributed by atoms with E-state index in [2.05, 4.69) is 0 Å². The Labute approximate surface area is 122 Å². The first-order valence-corrected chi connectivity index (χ1v) is 3.29. The quantitative estimate of drug-likeness (QED) is 0.448. The van der Waals surface area contributed by atoms with Crippen molar-refractivity contribution in [2.75, 3.05) is 19.6 Å². The van der Waals surface area contributed by atoms with E-state index in [-0.39, 0.29) is 51.4 Å². The van der Waals surface area contributed by atoms with Gasteiger partial charge in [-0.25, -0.2) is 0 Å². The zero-order chi connectivity index (χ0) is 10.4. The second kappa shape index (κ2) is 8.33. The summed E-state index contributed by atoms with van der Waals surface area (Å²) in [6.07, 6.45) is 0. The van der Waals surface area contributed by atoms with Crippen molar-refractivity contribution in [1.29, 1.82) is 0 Å². The summed E-state index contributed by atoms with van der Waals surface area (Å²) in [5.41, 5.74) is 0. The number of carboxylic acid groups (broad SMARTS) is 3. The molecule has 0 saturated heterocycles. The van der Waals surface area contributed by atoms with E-state index in [1.807, 2.05) is 0 Å². The van der Waals surface area contributed by atoms with Crippen LogP contribution in [0.1, 0.15) is 0 Å². The third kappa shape index (κ3) is 10.1. The molecular formula is C6H10KNO6. The number of carbonyl (C=O) groups is 3. The van der Waals surface area contributed by atoms with Crippen molar-refractivity contribution in [3.63, 3.8) is 0 Å². The van der Waals surface area contributed by atoms with E-state index >= 15 is 0 Å². The van der Waals surface area contributed by atoms with Gasteiger partial charge in [0.2, 0.25) is 0 Å². The predicted octanol–water partition coefficient (Wildman–Crippen LogP) is -2.11. The molecule has 8 heteroatoms. The molecule has 0 fully saturated rings. The summed E-state index contributed by atoms with van der Waals surface area (Å²) < 4.78 is 0. The molecule has 0 aliphatic heterocycles. The van der Waals surface area contributed by atoms with E-state index in [0.29, 0.717) is 0 Å². The van der Waals surface area contributed by atoms with E-state index in [4.69, 9.17) is 15.3 Å². The van der Waals surface area contributed by atoms with Gasteiger partial charge in [0.25, 0.3) is 0 Å². The Bertz CT molecular complexity index is 192. The van der Waals surface area contributed by atoms with Crippen LogP contribution in [0, 0.1) is 0 Å². The van der Waals surface area contributed by atoms with Crippen LogP contribution in [-0.4, -0.2) is 109 Å². The predicted molar refractivity (Wildman–Crippen MR) is 46.5 cm³/mol. The third-order valence-electron chi connectivity index (χ3n) is 1.08. The van der Waals surface area contributed by atoms with Crippen molar-refractivity contribution < 1.29 is 29.7 Å². The van der Waals surface area contributed by atoms with Crippen molar-refractivity contribution in [2.45, 2.75) is 0 Å². The van der Waals surface area contributed by atoms with Crippen LogP contribution in [0.4, 0.5) is 0 Å². The third-order valence-corrected chi connectivity index (χ3v) is 1.08. The molecule has 0 unspecified atom stereocenters. The van der Waals surface area contributed by atoms with Crippen LogP contribution in [0.2, 0.25) is 0 Å². The first-order valence-electron chi connectivity index (χ1n) is 3.29. The van der Waals surface area contributed by atoms with Crippen LogP contribution in [0.3, 0.4) is 0 Å². The Morgan fingerprint density at radius 3 is 1.14 bits per heavy atom. The molecule has 7 nitrogen and oxygen atoms in total. The van der Waals surface area contributed by atoms with Crippen molar-refractivity contribution in [3.8, 4) is 0 Å². The summed E-state index contributed by atoms with van der Waals surface area (Å²) in [5, 5.41) is 24.8. The van der Waals surface area contributed by atoms with Crippen LogP contribution in [-0.2, 0) is 14.4 Å². The Hall–Kier alpha value is 0.00636. The molecule has 0 aromatic heterocycles. The average molecular weight is 231 g/mol. The SMILES string of the molecule is O=C(O)CN(CC(=O)O)CC(=O)O.[KH]. The van der Waals surface area contributed by atoms with Gasteiger partial charge < -0.3 is 15.3 Å². The molecule has 0 amide bonds. The monoisotopic (exact) mass is 231 g/mol. The zero-order valence-corrected chi connectivity index (χ0v) is 6.63. The van der Waals surface area contributed by atoms with Crippen LogP contribution in [0.15, 0.2) is 0 Å². The van der Waals surface area contributed by atoms with Gasteiger partial charge in [0.05, 0.1) is 19.6 Å². The molecule has 0 saturated carbocycles. The maximum absolute atomic E-state index is 10.1. The second-order valence-electron chi connectivity index (χ2n) is 2.33. The summed E-state index contributed by atoms with van der Waals surface area (Å²) >= 11 is 0. The average Bonchev–Trinajstić information content (AvgIpc) is 1.80. The van der Waals surface area contributed by atoms with E-state index in [1.54, 1.807) is 0 Å². The minimum absolute atomic E-state index is 0. The molecule has 76 valence electrons. The zero-order valence-electron chi connectivity index (χ0n) is 6.63. The second-order valence-corrected chi connectivity index (χ2v) is 2.33. The van der Waals surface area contributed by atoms with Crippen molar-refractivity contribution in [1.82, 2.24) is 4.90 Å². The first kappa shape index (κ1) is 16.4. The maximum atomic E-state index is 10.1. The minimum atomic E-state index is -1.26. The standard InChI is InChI=1S/C6H9NO6.K.H/c8-4(9)1-7(2-5(10)11)3-6(12)13;;/h1-3H2,(H,8,9)(H,10,11)(H,12,13);;. The van der Waals surface area contributed by atoms with Gasteiger partial charge in [-0.1, -0.05) is 0 Å². The molecule has 14 heavy (non-hydrogen) atoms. The van der Waals surface area contributed by atoms with Gasteiger partial charge in [0, 0.05) is 0 Å². The van der Waals surface area contributed by atoms with Crippen molar-refractivity contribution in [2.24, 2.45) is 0 Å². The van der Waals surface area contributed by atoms with E-state index in [1.165, 1.54) is 0 Å². The normalized spacial score (nSPS) is 9.21. The number of hydrogen-bond donors (Lipinski definition) is 3. The molecule has 0 atom stereocenters. The molecule has 0 bridgehead atoms. The molecule has 0 aromatic rings. The fraction of sp³-hybridized carbons (Fsp3) is 0.500. The molecular weight excluding hydrogens is 221 g/mol. The van der Waals surface area contributed by atoms with Crippen LogP contribution >= 0.6 is 0 Å². The summed E-state index contributed by atoms with van der Waals surface area (Å²) in [7, 11) is 0. The van der Waals surface area contributed by atoms with Crippen LogP contribution in [0.5, 0.6) is 0 Å². The fourth-order valence-corrected chi connectivity index (χ4v) is 0.742. The molecule has 0 aliphatic carbocycles. The topological polar surface area (TPSA) is 115 Å². The number of hydrogen-bond acceptors (Lipinski definition) is 4. The number of nitrogens with zero attached hydrogens (tertiary/aromatic N) is 1.